The summed E-state index contributed by atoms with van der Waals surface area (Å²) < 4.78 is 7.46. The van der Waals surface area contributed by atoms with E-state index in [9.17, 15) is 10.1 Å². The van der Waals surface area contributed by atoms with E-state index >= 15 is 0 Å². The monoisotopic (exact) mass is 385 g/mol. The largest absolute Gasteiger partial charge is 0.439 e. The van der Waals surface area contributed by atoms with E-state index in [1.807, 2.05) is 6.07 Å². The number of imidazole rings is 1. The molecule has 1 aromatic carbocycles. The molecule has 0 aliphatic rings. The lowest BCUT2D eigenvalue weighted by atomic mass is 9.85. The Bertz CT molecular complexity index is 1290. The van der Waals surface area contributed by atoms with Gasteiger partial charge >= 0.3 is 5.69 Å². The van der Waals surface area contributed by atoms with Crippen molar-refractivity contribution in [1.29, 1.82) is 5.26 Å². The summed E-state index contributed by atoms with van der Waals surface area (Å²) in [6, 6.07) is 14.5. The quantitative estimate of drug-likeness (QED) is 0.573. The highest BCUT2D eigenvalue weighted by atomic mass is 16.5. The Morgan fingerprint density at radius 2 is 1.97 bits per heavy atom. The van der Waals surface area contributed by atoms with Gasteiger partial charge in [0, 0.05) is 17.8 Å². The van der Waals surface area contributed by atoms with Crippen LogP contribution in [0.2, 0.25) is 0 Å². The highest BCUT2D eigenvalue weighted by Gasteiger charge is 2.20. The molecule has 0 radical (unpaired) electrons. The third kappa shape index (κ3) is 3.48. The Hall–Kier alpha value is -3.92. The van der Waals surface area contributed by atoms with Crippen molar-refractivity contribution in [3.8, 4) is 23.4 Å². The predicted octanol–water partition coefficient (Wildman–Crippen LogP) is 4.07. The van der Waals surface area contributed by atoms with Gasteiger partial charge in [0.15, 0.2) is 5.65 Å². The normalized spacial score (nSPS) is 11.4. The Morgan fingerprint density at radius 3 is 2.66 bits per heavy atom. The lowest BCUT2D eigenvalue weighted by Crippen LogP contribution is -2.15. The Labute approximate surface area is 167 Å². The molecule has 0 unspecified atom stereocenters. The van der Waals surface area contributed by atoms with E-state index in [1.54, 1.807) is 48.8 Å². The molecule has 0 aliphatic carbocycles. The van der Waals surface area contributed by atoms with Gasteiger partial charge in [-0.05, 0) is 41.8 Å². The van der Waals surface area contributed by atoms with E-state index in [-0.39, 0.29) is 11.1 Å². The van der Waals surface area contributed by atoms with Crippen LogP contribution in [-0.2, 0) is 5.41 Å². The summed E-state index contributed by atoms with van der Waals surface area (Å²) in [6.07, 6.45) is 3.20. The fourth-order valence-electron chi connectivity index (χ4n) is 3.13. The summed E-state index contributed by atoms with van der Waals surface area (Å²) in [4.78, 5) is 23.7. The molecule has 7 heteroatoms. The van der Waals surface area contributed by atoms with Crippen molar-refractivity contribution in [3.63, 3.8) is 0 Å². The molecule has 1 N–H and O–H groups in total. The van der Waals surface area contributed by atoms with Crippen LogP contribution >= 0.6 is 0 Å². The molecule has 0 atom stereocenters. The number of aromatic nitrogens is 4. The Morgan fingerprint density at radius 1 is 1.14 bits per heavy atom. The number of nitrogens with zero attached hydrogens (tertiary/aromatic N) is 4. The molecule has 0 bridgehead atoms. The smallest absolute Gasteiger partial charge is 0.332 e. The minimum atomic E-state index is -0.281. The van der Waals surface area contributed by atoms with Crippen molar-refractivity contribution < 1.29 is 4.74 Å². The lowest BCUT2D eigenvalue weighted by Gasteiger charge is -2.22. The number of fused-ring (bicyclic) bond motifs is 1. The van der Waals surface area contributed by atoms with Crippen molar-refractivity contribution in [2.75, 3.05) is 0 Å². The Kier molecular flexibility index (Phi) is 4.40. The SMILES string of the molecule is CC(C)(C)c1cc(C#N)ccc1Oc1ccc(-n2c(=O)[nH]c3cccnc32)cn1. The first-order valence-corrected chi connectivity index (χ1v) is 9.11. The number of pyridine rings is 2. The molecule has 4 rings (SSSR count). The summed E-state index contributed by atoms with van der Waals surface area (Å²) in [5.74, 6) is 1.03. The minimum Gasteiger partial charge on any atom is -0.439 e. The van der Waals surface area contributed by atoms with Crippen LogP contribution in [0, 0.1) is 11.3 Å². The number of nitrogens with one attached hydrogen (secondary N) is 1. The molecule has 0 saturated carbocycles. The van der Waals surface area contributed by atoms with Gasteiger partial charge in [-0.2, -0.15) is 5.26 Å². The van der Waals surface area contributed by atoms with Crippen molar-refractivity contribution in [2.24, 2.45) is 0 Å². The minimum absolute atomic E-state index is 0.203. The fraction of sp³-hybridized carbons (Fsp3) is 0.182. The van der Waals surface area contributed by atoms with Gasteiger partial charge in [-0.1, -0.05) is 20.8 Å². The Balaban J connectivity index is 1.69. The average molecular weight is 385 g/mol. The van der Waals surface area contributed by atoms with Crippen LogP contribution in [0.4, 0.5) is 0 Å². The maximum absolute atomic E-state index is 12.3. The predicted molar refractivity (Wildman–Crippen MR) is 109 cm³/mol. The third-order valence-electron chi connectivity index (χ3n) is 4.55. The number of hydrogen-bond acceptors (Lipinski definition) is 5. The second kappa shape index (κ2) is 6.91. The van der Waals surface area contributed by atoms with Crippen molar-refractivity contribution >= 4 is 11.2 Å². The molecule has 144 valence electrons. The number of ether oxygens (including phenoxy) is 1. The van der Waals surface area contributed by atoms with Gasteiger partial charge < -0.3 is 9.72 Å². The number of aromatic amines is 1. The third-order valence-corrected chi connectivity index (χ3v) is 4.55. The highest BCUT2D eigenvalue weighted by molar-refractivity contribution is 5.72. The molecule has 4 aromatic rings. The van der Waals surface area contributed by atoms with Gasteiger partial charge in [-0.15, -0.1) is 0 Å². The molecule has 3 aromatic heterocycles. The van der Waals surface area contributed by atoms with Gasteiger partial charge in [0.1, 0.15) is 5.75 Å². The first-order valence-electron chi connectivity index (χ1n) is 9.11. The van der Waals surface area contributed by atoms with Crippen LogP contribution in [0.1, 0.15) is 31.9 Å². The average Bonchev–Trinajstić information content (AvgIpc) is 3.04. The van der Waals surface area contributed by atoms with Gasteiger partial charge in [0.05, 0.1) is 29.0 Å². The summed E-state index contributed by atoms with van der Waals surface area (Å²) >= 11 is 0. The maximum Gasteiger partial charge on any atom is 0.332 e. The van der Waals surface area contributed by atoms with E-state index in [1.165, 1.54) is 4.57 Å². The van der Waals surface area contributed by atoms with Gasteiger partial charge in [-0.25, -0.2) is 19.3 Å². The van der Waals surface area contributed by atoms with Gasteiger partial charge in [0.25, 0.3) is 0 Å². The second-order valence-electron chi connectivity index (χ2n) is 7.67. The summed E-state index contributed by atoms with van der Waals surface area (Å²) in [5, 5.41) is 9.19. The number of hydrogen-bond donors (Lipinski definition) is 1. The van der Waals surface area contributed by atoms with Gasteiger partial charge in [-0.3, -0.25) is 0 Å². The van der Waals surface area contributed by atoms with Crippen LogP contribution in [0.15, 0.2) is 59.7 Å². The topological polar surface area (TPSA) is 96.6 Å². The molecule has 29 heavy (non-hydrogen) atoms. The van der Waals surface area contributed by atoms with E-state index in [4.69, 9.17) is 4.74 Å². The first kappa shape index (κ1) is 18.4. The first-order chi connectivity index (χ1) is 13.9. The lowest BCUT2D eigenvalue weighted by molar-refractivity contribution is 0.439. The zero-order valence-electron chi connectivity index (χ0n) is 16.3. The van der Waals surface area contributed by atoms with Crippen LogP contribution in [0.3, 0.4) is 0 Å². The maximum atomic E-state index is 12.3. The molecule has 0 fully saturated rings. The molecule has 0 saturated heterocycles. The van der Waals surface area contributed by atoms with E-state index < -0.39 is 0 Å². The van der Waals surface area contributed by atoms with Crippen LogP contribution < -0.4 is 10.4 Å². The van der Waals surface area contributed by atoms with Crippen LogP contribution in [0.5, 0.6) is 11.6 Å². The van der Waals surface area contributed by atoms with E-state index in [2.05, 4.69) is 41.8 Å². The van der Waals surface area contributed by atoms with E-state index in [0.717, 1.165) is 5.56 Å². The zero-order chi connectivity index (χ0) is 20.6. The second-order valence-corrected chi connectivity index (χ2v) is 7.67. The number of rotatable bonds is 3. The van der Waals surface area contributed by atoms with Crippen molar-refractivity contribution in [3.05, 3.63) is 76.5 Å². The fourth-order valence-corrected chi connectivity index (χ4v) is 3.13. The molecule has 0 aliphatic heterocycles. The number of nitriles is 1. The molecule has 0 amide bonds. The van der Waals surface area contributed by atoms with Gasteiger partial charge in [0.2, 0.25) is 5.88 Å². The number of benzene rings is 1. The van der Waals surface area contributed by atoms with E-state index in [0.29, 0.717) is 34.0 Å². The molecule has 3 heterocycles. The standard InChI is InChI=1S/C22H19N5O2/c1-22(2,3)16-11-14(12-23)6-8-18(16)29-19-9-7-15(13-25-19)27-20-17(26-21(27)28)5-4-10-24-20/h4-11,13H,1-3H3,(H,26,28). The summed E-state index contributed by atoms with van der Waals surface area (Å²) in [7, 11) is 0. The summed E-state index contributed by atoms with van der Waals surface area (Å²) in [6.45, 7) is 6.18. The molecule has 0 spiro atoms. The van der Waals surface area contributed by atoms with Crippen molar-refractivity contribution in [2.45, 2.75) is 26.2 Å². The zero-order valence-corrected chi connectivity index (χ0v) is 16.3. The number of H-pyrrole nitrogens is 1. The van der Waals surface area contributed by atoms with Crippen LogP contribution in [0.25, 0.3) is 16.9 Å². The molecule has 7 nitrogen and oxygen atoms in total. The highest BCUT2D eigenvalue weighted by Crippen LogP contribution is 2.34. The summed E-state index contributed by atoms with van der Waals surface area (Å²) in [5.41, 5.74) is 2.79. The van der Waals surface area contributed by atoms with Crippen LogP contribution in [-0.4, -0.2) is 19.5 Å². The molecular weight excluding hydrogens is 366 g/mol. The van der Waals surface area contributed by atoms with Crippen molar-refractivity contribution in [1.82, 2.24) is 19.5 Å². The molecular formula is C22H19N5O2.